The first-order valence-corrected chi connectivity index (χ1v) is 11.3. The van der Waals surface area contributed by atoms with Crippen LogP contribution in [0, 0.1) is 0 Å². The van der Waals surface area contributed by atoms with Gasteiger partial charge in [0.1, 0.15) is 13.2 Å². The standard InChI is InChI=1S/C26H28N2O5/c29-24(28(16-25(30)31)18-8-1-2-9-18)14-7-15-27-26(32)33-17-23-21-12-5-3-10-19(21)20-11-4-6-13-22(20)23/h3-7,10-14,18,23H,1-2,8-9,15-17H2,(H,27,32)(H,30,31)/b14-7+. The van der Waals surface area contributed by atoms with E-state index in [4.69, 9.17) is 9.84 Å². The van der Waals surface area contributed by atoms with Crippen molar-refractivity contribution >= 4 is 18.0 Å². The first kappa shape index (κ1) is 22.6. The number of carboxylic acid groups (broad SMARTS) is 1. The molecule has 0 aromatic heterocycles. The maximum absolute atomic E-state index is 12.5. The quantitative estimate of drug-likeness (QED) is 0.597. The molecule has 4 rings (SSSR count). The van der Waals surface area contributed by atoms with Gasteiger partial charge in [0, 0.05) is 24.6 Å². The second-order valence-corrected chi connectivity index (χ2v) is 8.41. The molecule has 0 radical (unpaired) electrons. The summed E-state index contributed by atoms with van der Waals surface area (Å²) in [5.41, 5.74) is 4.61. The molecule has 0 spiro atoms. The Morgan fingerprint density at radius 3 is 2.21 bits per heavy atom. The summed E-state index contributed by atoms with van der Waals surface area (Å²) in [6, 6.07) is 16.2. The second-order valence-electron chi connectivity index (χ2n) is 8.41. The van der Waals surface area contributed by atoms with Gasteiger partial charge in [-0.1, -0.05) is 67.4 Å². The van der Waals surface area contributed by atoms with Crippen LogP contribution in [0.5, 0.6) is 0 Å². The molecule has 7 nitrogen and oxygen atoms in total. The number of nitrogens with zero attached hydrogens (tertiary/aromatic N) is 1. The van der Waals surface area contributed by atoms with E-state index in [1.807, 2.05) is 24.3 Å². The highest BCUT2D eigenvalue weighted by atomic mass is 16.5. The molecule has 2 N–H and O–H groups in total. The number of hydrogen-bond acceptors (Lipinski definition) is 4. The van der Waals surface area contributed by atoms with Gasteiger partial charge in [-0.05, 0) is 35.1 Å². The molecule has 33 heavy (non-hydrogen) atoms. The number of aliphatic carboxylic acids is 1. The van der Waals surface area contributed by atoms with Gasteiger partial charge in [0.05, 0.1) is 0 Å². The molecule has 1 fully saturated rings. The average molecular weight is 449 g/mol. The molecule has 0 saturated heterocycles. The summed E-state index contributed by atoms with van der Waals surface area (Å²) >= 11 is 0. The first-order chi connectivity index (χ1) is 16.0. The van der Waals surface area contributed by atoms with Crippen molar-refractivity contribution in [3.63, 3.8) is 0 Å². The van der Waals surface area contributed by atoms with Gasteiger partial charge in [0.25, 0.3) is 0 Å². The molecule has 2 aromatic carbocycles. The van der Waals surface area contributed by atoms with Gasteiger partial charge >= 0.3 is 12.1 Å². The Morgan fingerprint density at radius 2 is 1.61 bits per heavy atom. The minimum absolute atomic E-state index is 0.0174. The van der Waals surface area contributed by atoms with Crippen LogP contribution < -0.4 is 5.32 Å². The number of amides is 2. The summed E-state index contributed by atoms with van der Waals surface area (Å²) < 4.78 is 5.47. The van der Waals surface area contributed by atoms with E-state index in [1.54, 1.807) is 0 Å². The van der Waals surface area contributed by atoms with Crippen LogP contribution in [0.4, 0.5) is 4.79 Å². The monoisotopic (exact) mass is 448 g/mol. The number of benzene rings is 2. The van der Waals surface area contributed by atoms with Crippen molar-refractivity contribution in [3.05, 3.63) is 71.8 Å². The molecule has 2 aliphatic carbocycles. The molecule has 0 aliphatic heterocycles. The normalized spacial score (nSPS) is 15.3. The smallest absolute Gasteiger partial charge is 0.407 e. The number of carbonyl (C=O) groups is 3. The van der Waals surface area contributed by atoms with E-state index in [-0.39, 0.29) is 37.6 Å². The van der Waals surface area contributed by atoms with Crippen molar-refractivity contribution in [3.8, 4) is 11.1 Å². The summed E-state index contributed by atoms with van der Waals surface area (Å²) in [6.45, 7) is 0.0260. The van der Waals surface area contributed by atoms with Crippen LogP contribution in [0.1, 0.15) is 42.7 Å². The predicted molar refractivity (Wildman–Crippen MR) is 124 cm³/mol. The SMILES string of the molecule is O=C(O)CN(C(=O)/C=C/CNC(=O)OCC1c2ccccc2-c2ccccc21)C1CCCC1. The number of rotatable bonds is 8. The Morgan fingerprint density at radius 1 is 1.00 bits per heavy atom. The third kappa shape index (κ3) is 5.25. The molecule has 1 saturated carbocycles. The minimum Gasteiger partial charge on any atom is -0.480 e. The second kappa shape index (κ2) is 10.3. The Bertz CT molecular complexity index is 1010. The zero-order valence-electron chi connectivity index (χ0n) is 18.4. The average Bonchev–Trinajstić information content (AvgIpc) is 3.45. The number of nitrogens with one attached hydrogen (secondary N) is 1. The van der Waals surface area contributed by atoms with Gasteiger partial charge < -0.3 is 20.1 Å². The molecule has 2 aliphatic rings. The molecule has 7 heteroatoms. The summed E-state index contributed by atoms with van der Waals surface area (Å²) in [5, 5.41) is 11.7. The van der Waals surface area contributed by atoms with Crippen molar-refractivity contribution in [1.29, 1.82) is 0 Å². The van der Waals surface area contributed by atoms with Gasteiger partial charge in [0.2, 0.25) is 5.91 Å². The number of alkyl carbamates (subject to hydrolysis) is 1. The van der Waals surface area contributed by atoms with Gasteiger partial charge in [-0.15, -0.1) is 0 Å². The lowest BCUT2D eigenvalue weighted by Crippen LogP contribution is -2.41. The predicted octanol–water partition coefficient (Wildman–Crippen LogP) is 3.94. The lowest BCUT2D eigenvalue weighted by molar-refractivity contribution is -0.144. The van der Waals surface area contributed by atoms with E-state index in [9.17, 15) is 14.4 Å². The first-order valence-electron chi connectivity index (χ1n) is 11.3. The fourth-order valence-electron chi connectivity index (χ4n) is 4.80. The molecular formula is C26H28N2O5. The number of carboxylic acids is 1. The zero-order valence-corrected chi connectivity index (χ0v) is 18.4. The lowest BCUT2D eigenvalue weighted by Gasteiger charge is -2.26. The van der Waals surface area contributed by atoms with Crippen molar-refractivity contribution in [1.82, 2.24) is 10.2 Å². The molecule has 0 bridgehead atoms. The van der Waals surface area contributed by atoms with Crippen LogP contribution in [0.3, 0.4) is 0 Å². The Balaban J connectivity index is 1.28. The Kier molecular flexibility index (Phi) is 7.07. The molecule has 172 valence electrons. The van der Waals surface area contributed by atoms with E-state index in [0.29, 0.717) is 0 Å². The van der Waals surface area contributed by atoms with Gasteiger partial charge in [-0.3, -0.25) is 9.59 Å². The highest BCUT2D eigenvalue weighted by Gasteiger charge is 2.29. The van der Waals surface area contributed by atoms with Gasteiger partial charge in [-0.25, -0.2) is 4.79 Å². The molecule has 2 amide bonds. The minimum atomic E-state index is -1.03. The van der Waals surface area contributed by atoms with E-state index >= 15 is 0 Å². The highest BCUT2D eigenvalue weighted by Crippen LogP contribution is 2.44. The third-order valence-electron chi connectivity index (χ3n) is 6.32. The third-order valence-corrected chi connectivity index (χ3v) is 6.32. The number of fused-ring (bicyclic) bond motifs is 3. The van der Waals surface area contributed by atoms with Crippen LogP contribution in [0.25, 0.3) is 11.1 Å². The molecule has 0 heterocycles. The topological polar surface area (TPSA) is 95.9 Å². The summed E-state index contributed by atoms with van der Waals surface area (Å²) in [4.78, 5) is 37.2. The van der Waals surface area contributed by atoms with Crippen LogP contribution in [-0.4, -0.2) is 53.7 Å². The maximum Gasteiger partial charge on any atom is 0.407 e. The lowest BCUT2D eigenvalue weighted by atomic mass is 9.98. The highest BCUT2D eigenvalue weighted by molar-refractivity contribution is 5.90. The van der Waals surface area contributed by atoms with Gasteiger partial charge in [0.15, 0.2) is 0 Å². The molecular weight excluding hydrogens is 420 g/mol. The Hall–Kier alpha value is -3.61. The van der Waals surface area contributed by atoms with Crippen molar-refractivity contribution in [2.24, 2.45) is 0 Å². The largest absolute Gasteiger partial charge is 0.480 e. The van der Waals surface area contributed by atoms with E-state index in [0.717, 1.165) is 47.9 Å². The van der Waals surface area contributed by atoms with Crippen LogP contribution in [0.15, 0.2) is 60.7 Å². The van der Waals surface area contributed by atoms with E-state index in [1.165, 1.54) is 17.1 Å². The summed E-state index contributed by atoms with van der Waals surface area (Å²) in [5.74, 6) is -1.39. The van der Waals surface area contributed by atoms with Crippen molar-refractivity contribution in [2.45, 2.75) is 37.6 Å². The van der Waals surface area contributed by atoms with Crippen LogP contribution in [0.2, 0.25) is 0 Å². The Labute approximate surface area is 193 Å². The number of ether oxygens (including phenoxy) is 1. The van der Waals surface area contributed by atoms with Crippen molar-refractivity contribution < 1.29 is 24.2 Å². The van der Waals surface area contributed by atoms with Crippen LogP contribution >= 0.6 is 0 Å². The van der Waals surface area contributed by atoms with Crippen LogP contribution in [-0.2, 0) is 14.3 Å². The van der Waals surface area contributed by atoms with E-state index in [2.05, 4.69) is 29.6 Å². The molecule has 2 aromatic rings. The number of hydrogen-bond donors (Lipinski definition) is 2. The van der Waals surface area contributed by atoms with Crippen molar-refractivity contribution in [2.75, 3.05) is 19.7 Å². The van der Waals surface area contributed by atoms with E-state index < -0.39 is 12.1 Å². The number of carbonyl (C=O) groups excluding carboxylic acids is 2. The summed E-state index contributed by atoms with van der Waals surface area (Å²) in [7, 11) is 0. The zero-order chi connectivity index (χ0) is 23.2. The maximum atomic E-state index is 12.5. The molecule has 0 unspecified atom stereocenters. The molecule has 0 atom stereocenters. The fraction of sp³-hybridized carbons (Fsp3) is 0.346. The fourth-order valence-corrected chi connectivity index (χ4v) is 4.80. The summed E-state index contributed by atoms with van der Waals surface area (Å²) in [6.07, 6.45) is 5.93. The van der Waals surface area contributed by atoms with Gasteiger partial charge in [-0.2, -0.15) is 0 Å².